The number of fused-ring (bicyclic) bond motifs is 5. The number of ether oxygens (including phenoxy) is 2. The number of hydrogen-bond donors (Lipinski definition) is 2. The summed E-state index contributed by atoms with van der Waals surface area (Å²) in [6, 6.07) is 33.1. The summed E-state index contributed by atoms with van der Waals surface area (Å²) in [6.07, 6.45) is 21.5. The van der Waals surface area contributed by atoms with Gasteiger partial charge in [-0.25, -0.2) is 0 Å². The lowest BCUT2D eigenvalue weighted by Crippen LogP contribution is -2.54. The van der Waals surface area contributed by atoms with Crippen molar-refractivity contribution in [2.24, 2.45) is 52.3 Å². The number of nitrogens with two attached hydrogens (primary N) is 2. The summed E-state index contributed by atoms with van der Waals surface area (Å²) < 4.78 is 12.5. The monoisotopic (exact) mass is 765 g/mol. The maximum Gasteiger partial charge on any atom is 0.127 e. The summed E-state index contributed by atoms with van der Waals surface area (Å²) in [4.78, 5) is 0. The van der Waals surface area contributed by atoms with Crippen LogP contribution in [0, 0.1) is 52.3 Å². The van der Waals surface area contributed by atoms with E-state index in [4.69, 9.17) is 20.9 Å². The van der Waals surface area contributed by atoms with Crippen molar-refractivity contribution in [2.75, 3.05) is 11.5 Å². The van der Waals surface area contributed by atoms with E-state index >= 15 is 0 Å². The highest BCUT2D eigenvalue weighted by Crippen LogP contribution is 2.68. The topological polar surface area (TPSA) is 70.5 Å². The van der Waals surface area contributed by atoms with E-state index in [2.05, 4.69) is 95.3 Å². The highest BCUT2D eigenvalue weighted by atomic mass is 16.5. The summed E-state index contributed by atoms with van der Waals surface area (Å²) in [5.74, 6) is 8.68. The van der Waals surface area contributed by atoms with Crippen molar-refractivity contribution in [3.05, 3.63) is 120 Å². The predicted octanol–water partition coefficient (Wildman–Crippen LogP) is 14.4. The van der Waals surface area contributed by atoms with E-state index in [1.807, 2.05) is 48.5 Å². The Bertz CT molecular complexity index is 1880. The molecule has 4 aliphatic rings. The molecule has 3 saturated carbocycles. The molecule has 0 amide bonds. The van der Waals surface area contributed by atoms with Crippen LogP contribution in [0.5, 0.6) is 23.0 Å². The van der Waals surface area contributed by atoms with Crippen LogP contribution < -0.4 is 20.9 Å². The number of hydrogen-bond acceptors (Lipinski definition) is 4. The third-order valence-corrected chi connectivity index (χ3v) is 16.2. The van der Waals surface area contributed by atoms with Gasteiger partial charge in [-0.2, -0.15) is 0 Å². The molecule has 0 heterocycles. The number of rotatable bonds is 13. The van der Waals surface area contributed by atoms with Gasteiger partial charge in [-0.3, -0.25) is 0 Å². The van der Waals surface area contributed by atoms with E-state index in [1.165, 1.54) is 75.3 Å². The number of benzene rings is 4. The van der Waals surface area contributed by atoms with Gasteiger partial charge in [0.2, 0.25) is 0 Å². The van der Waals surface area contributed by atoms with Crippen LogP contribution in [0.1, 0.15) is 123 Å². The van der Waals surface area contributed by atoms with Gasteiger partial charge in [0.1, 0.15) is 23.0 Å². The van der Waals surface area contributed by atoms with Crippen molar-refractivity contribution >= 4 is 11.4 Å². The van der Waals surface area contributed by atoms with Crippen LogP contribution in [-0.4, -0.2) is 0 Å². The van der Waals surface area contributed by atoms with Crippen molar-refractivity contribution in [1.82, 2.24) is 0 Å². The Hall–Kier alpha value is -4.18. The lowest BCUT2D eigenvalue weighted by Gasteiger charge is -2.61. The van der Waals surface area contributed by atoms with E-state index in [0.717, 1.165) is 76.8 Å². The minimum absolute atomic E-state index is 0.119. The summed E-state index contributed by atoms with van der Waals surface area (Å²) >= 11 is 0. The van der Waals surface area contributed by atoms with E-state index < -0.39 is 0 Å². The van der Waals surface area contributed by atoms with Gasteiger partial charge in [-0.05, 0) is 181 Å². The molecule has 0 aliphatic heterocycles. The molecule has 4 nitrogen and oxygen atoms in total. The predicted molar refractivity (Wildman–Crippen MR) is 238 cm³/mol. The molecule has 4 aromatic rings. The van der Waals surface area contributed by atoms with Gasteiger partial charge in [0.25, 0.3) is 0 Å². The highest BCUT2D eigenvalue weighted by molar-refractivity contribution is 5.48. The molecule has 4 N–H and O–H groups in total. The first-order valence-electron chi connectivity index (χ1n) is 22.5. The lowest BCUT2D eigenvalue weighted by molar-refractivity contribution is -0.0720. The first kappa shape index (κ1) is 39.6. The zero-order valence-electron chi connectivity index (χ0n) is 35.4. The van der Waals surface area contributed by atoms with Gasteiger partial charge in [-0.1, -0.05) is 103 Å². The Balaban J connectivity index is 1.05. The molecule has 0 spiro atoms. The number of anilines is 2. The minimum atomic E-state index is -0.119. The molecule has 3 fully saturated rings. The van der Waals surface area contributed by atoms with Crippen molar-refractivity contribution in [2.45, 2.75) is 117 Å². The van der Waals surface area contributed by atoms with Crippen LogP contribution in [0.25, 0.3) is 0 Å². The first-order valence-corrected chi connectivity index (χ1v) is 22.5. The quantitative estimate of drug-likeness (QED) is 0.105. The van der Waals surface area contributed by atoms with E-state index in [-0.39, 0.29) is 5.41 Å². The summed E-state index contributed by atoms with van der Waals surface area (Å²) in [6.45, 7) is 12.8. The third-order valence-electron chi connectivity index (χ3n) is 16.2. The van der Waals surface area contributed by atoms with Gasteiger partial charge < -0.3 is 20.9 Å². The Labute approximate surface area is 343 Å². The van der Waals surface area contributed by atoms with Crippen molar-refractivity contribution < 1.29 is 9.47 Å². The van der Waals surface area contributed by atoms with Crippen molar-refractivity contribution in [3.63, 3.8) is 0 Å². The molecule has 9 atom stereocenters. The highest BCUT2D eigenvalue weighted by Gasteiger charge is 2.61. The fourth-order valence-electron chi connectivity index (χ4n) is 12.9. The van der Waals surface area contributed by atoms with E-state index in [9.17, 15) is 0 Å². The Morgan fingerprint density at radius 2 is 1.12 bits per heavy atom. The summed E-state index contributed by atoms with van der Waals surface area (Å²) in [7, 11) is 0. The molecule has 302 valence electrons. The standard InChI is InChI=1S/C53H68N2O2/c1-6-8-36(2)9-7-10-37(3)48-29-30-49-47-28-15-40-35-53(34-33-51(40,4)50(47)31-32-52(48,49)5,38-11-20-43(21-12-38)56-45-24-16-41(54)17-25-45)39-13-22-44(23-14-39)57-46-26-18-42(55)19-27-46/h11-28,36-37,40,47-50H,6-10,29-35,54-55H2,1-5H3. The van der Waals surface area contributed by atoms with Gasteiger partial charge in [0.15, 0.2) is 0 Å². The molecule has 4 aromatic carbocycles. The second-order valence-electron chi connectivity index (χ2n) is 19.5. The molecule has 0 bridgehead atoms. The fraction of sp³-hybridized carbons (Fsp3) is 0.509. The molecule has 4 aliphatic carbocycles. The Morgan fingerprint density at radius 1 is 0.596 bits per heavy atom. The molecular weight excluding hydrogens is 697 g/mol. The molecule has 57 heavy (non-hydrogen) atoms. The maximum atomic E-state index is 6.27. The summed E-state index contributed by atoms with van der Waals surface area (Å²) in [5.41, 5.74) is 16.7. The van der Waals surface area contributed by atoms with Crippen LogP contribution in [-0.2, 0) is 5.41 Å². The molecule has 0 saturated heterocycles. The van der Waals surface area contributed by atoms with Crippen LogP contribution in [0.2, 0.25) is 0 Å². The molecule has 0 radical (unpaired) electrons. The van der Waals surface area contributed by atoms with Gasteiger partial charge in [0, 0.05) is 16.8 Å². The third kappa shape index (κ3) is 7.75. The number of nitrogen functional groups attached to an aromatic ring is 2. The molecule has 9 unspecified atom stereocenters. The average Bonchev–Trinajstić information content (AvgIpc) is 3.57. The summed E-state index contributed by atoms with van der Waals surface area (Å²) in [5, 5.41) is 0. The number of allylic oxidation sites excluding steroid dienone is 2. The normalized spacial score (nSPS) is 29.7. The smallest absolute Gasteiger partial charge is 0.127 e. The van der Waals surface area contributed by atoms with E-state index in [1.54, 1.807) is 0 Å². The van der Waals surface area contributed by atoms with Gasteiger partial charge in [0.05, 0.1) is 0 Å². The van der Waals surface area contributed by atoms with Crippen molar-refractivity contribution in [3.8, 4) is 23.0 Å². The van der Waals surface area contributed by atoms with Gasteiger partial charge >= 0.3 is 0 Å². The van der Waals surface area contributed by atoms with Crippen molar-refractivity contribution in [1.29, 1.82) is 0 Å². The van der Waals surface area contributed by atoms with Crippen LogP contribution >= 0.6 is 0 Å². The lowest BCUT2D eigenvalue weighted by atomic mass is 9.43. The first-order chi connectivity index (χ1) is 27.5. The SMILES string of the molecule is CCCC(C)CCCC(C)C1CCC2C3C=CC4CC(c5ccc(Oc6ccc(N)cc6)cc5)(c5ccc(Oc6ccc(N)cc6)cc5)CCC4(C)C3CCC12C. The largest absolute Gasteiger partial charge is 0.457 e. The maximum absolute atomic E-state index is 6.27. The van der Waals surface area contributed by atoms with Gasteiger partial charge in [-0.15, -0.1) is 0 Å². The Morgan fingerprint density at radius 3 is 1.67 bits per heavy atom. The second-order valence-corrected chi connectivity index (χ2v) is 19.5. The fourth-order valence-corrected chi connectivity index (χ4v) is 12.9. The zero-order chi connectivity index (χ0) is 39.8. The molecule has 8 rings (SSSR count). The minimum Gasteiger partial charge on any atom is -0.457 e. The average molecular weight is 765 g/mol. The van der Waals surface area contributed by atoms with Crippen LogP contribution in [0.4, 0.5) is 11.4 Å². The Kier molecular flexibility index (Phi) is 11.3. The molecule has 0 aromatic heterocycles. The molecular formula is C53H68N2O2. The second kappa shape index (κ2) is 16.2. The molecule has 4 heteroatoms. The van der Waals surface area contributed by atoms with Crippen LogP contribution in [0.15, 0.2) is 109 Å². The zero-order valence-corrected chi connectivity index (χ0v) is 35.4. The van der Waals surface area contributed by atoms with E-state index in [0.29, 0.717) is 22.7 Å². The van der Waals surface area contributed by atoms with Crippen LogP contribution in [0.3, 0.4) is 0 Å².